The summed E-state index contributed by atoms with van der Waals surface area (Å²) in [6.45, 7) is 1.71. The minimum atomic E-state index is -0.344. The van der Waals surface area contributed by atoms with Crippen molar-refractivity contribution in [1.82, 2.24) is 24.8 Å². The molecule has 2 aromatic heterocycles. The summed E-state index contributed by atoms with van der Waals surface area (Å²) in [6, 6.07) is 5.96. The van der Waals surface area contributed by atoms with E-state index in [1.165, 1.54) is 12.1 Å². The lowest BCUT2D eigenvalue weighted by Crippen LogP contribution is -2.46. The molecule has 3 aromatic rings. The Morgan fingerprint density at radius 1 is 1.27 bits per heavy atom. The molecule has 0 atom stereocenters. The van der Waals surface area contributed by atoms with E-state index >= 15 is 0 Å². The van der Waals surface area contributed by atoms with Gasteiger partial charge in [0.1, 0.15) is 5.82 Å². The van der Waals surface area contributed by atoms with Crippen molar-refractivity contribution < 1.29 is 18.4 Å². The van der Waals surface area contributed by atoms with E-state index in [2.05, 4.69) is 15.2 Å². The van der Waals surface area contributed by atoms with Crippen LogP contribution in [0.15, 0.2) is 41.2 Å². The van der Waals surface area contributed by atoms with Crippen LogP contribution in [-0.4, -0.2) is 57.5 Å². The molecule has 0 unspecified atom stereocenters. The number of aromatic nitrogens is 4. The fraction of sp³-hybridized carbons (Fsp3) is 0.429. The Kier molecular flexibility index (Phi) is 5.63. The van der Waals surface area contributed by atoms with Crippen LogP contribution in [0.3, 0.4) is 0 Å². The topological polar surface area (TPSA) is 86.3 Å². The minimum Gasteiger partial charge on any atom is -0.385 e. The second-order valence-electron chi connectivity index (χ2n) is 7.65. The number of halogens is 1. The van der Waals surface area contributed by atoms with Gasteiger partial charge in [-0.3, -0.25) is 9.48 Å². The summed E-state index contributed by atoms with van der Waals surface area (Å²) >= 11 is 0. The molecule has 158 valence electrons. The van der Waals surface area contributed by atoms with Crippen molar-refractivity contribution >= 4 is 5.91 Å². The third kappa shape index (κ3) is 3.97. The van der Waals surface area contributed by atoms with Crippen LogP contribution in [0.2, 0.25) is 0 Å². The number of carbonyl (C=O) groups excluding carboxylic acids is 1. The summed E-state index contributed by atoms with van der Waals surface area (Å²) in [4.78, 5) is 19.2. The quantitative estimate of drug-likeness (QED) is 0.618. The number of likely N-dealkylation sites (tertiary alicyclic amines) is 1. The van der Waals surface area contributed by atoms with Crippen LogP contribution in [0.25, 0.3) is 11.5 Å². The average Bonchev–Trinajstić information content (AvgIpc) is 3.43. The van der Waals surface area contributed by atoms with E-state index in [4.69, 9.17) is 9.26 Å². The number of ether oxygens (including phenoxy) is 1. The first-order valence-electron chi connectivity index (χ1n) is 9.88. The highest BCUT2D eigenvalue weighted by Gasteiger charge is 2.41. The van der Waals surface area contributed by atoms with Crippen molar-refractivity contribution in [2.24, 2.45) is 7.05 Å². The SMILES string of the molecule is COCCC1(c2noc(-c3ccc(F)cc3)n2)CCN(C(=O)c2cnn(C)c2)CC1. The van der Waals surface area contributed by atoms with Crippen LogP contribution in [0.1, 0.15) is 35.4 Å². The summed E-state index contributed by atoms with van der Waals surface area (Å²) in [5.74, 6) is 0.618. The molecule has 9 heteroatoms. The van der Waals surface area contributed by atoms with Crippen LogP contribution < -0.4 is 0 Å². The van der Waals surface area contributed by atoms with Crippen molar-refractivity contribution in [3.05, 3.63) is 53.9 Å². The van der Waals surface area contributed by atoms with Crippen LogP contribution in [0.5, 0.6) is 0 Å². The lowest BCUT2D eigenvalue weighted by molar-refractivity contribution is 0.0616. The van der Waals surface area contributed by atoms with Crippen LogP contribution in [0, 0.1) is 5.82 Å². The van der Waals surface area contributed by atoms with E-state index in [-0.39, 0.29) is 17.1 Å². The third-order valence-corrected chi connectivity index (χ3v) is 5.74. The summed E-state index contributed by atoms with van der Waals surface area (Å²) in [7, 11) is 3.45. The first-order chi connectivity index (χ1) is 14.5. The van der Waals surface area contributed by atoms with Gasteiger partial charge >= 0.3 is 0 Å². The van der Waals surface area contributed by atoms with Gasteiger partial charge in [-0.15, -0.1) is 0 Å². The highest BCUT2D eigenvalue weighted by atomic mass is 19.1. The molecule has 1 fully saturated rings. The average molecular weight is 413 g/mol. The molecule has 0 saturated carbocycles. The first kappa shape index (κ1) is 20.2. The fourth-order valence-corrected chi connectivity index (χ4v) is 3.88. The smallest absolute Gasteiger partial charge is 0.257 e. The summed E-state index contributed by atoms with van der Waals surface area (Å²) in [5.41, 5.74) is 0.907. The second kappa shape index (κ2) is 8.35. The Bertz CT molecular complexity index is 1010. The predicted molar refractivity (Wildman–Crippen MR) is 106 cm³/mol. The Morgan fingerprint density at radius 3 is 2.63 bits per heavy atom. The molecular weight excluding hydrogens is 389 g/mol. The third-order valence-electron chi connectivity index (χ3n) is 5.74. The lowest BCUT2D eigenvalue weighted by atomic mass is 9.75. The molecule has 1 aliphatic heterocycles. The molecule has 8 nitrogen and oxygen atoms in total. The zero-order chi connectivity index (χ0) is 21.1. The highest BCUT2D eigenvalue weighted by molar-refractivity contribution is 5.93. The Balaban J connectivity index is 1.53. The molecule has 4 rings (SSSR count). The second-order valence-corrected chi connectivity index (χ2v) is 7.65. The summed E-state index contributed by atoms with van der Waals surface area (Å²) in [5, 5.41) is 8.33. The predicted octanol–water partition coefficient (Wildman–Crippen LogP) is 2.82. The number of nitrogens with zero attached hydrogens (tertiary/aromatic N) is 5. The molecule has 1 aliphatic rings. The monoisotopic (exact) mass is 413 g/mol. The van der Waals surface area contributed by atoms with Gasteiger partial charge in [-0.05, 0) is 43.5 Å². The molecule has 1 saturated heterocycles. The van der Waals surface area contributed by atoms with Gasteiger partial charge in [-0.2, -0.15) is 10.1 Å². The van der Waals surface area contributed by atoms with Crippen LogP contribution in [-0.2, 0) is 17.2 Å². The lowest BCUT2D eigenvalue weighted by Gasteiger charge is -2.39. The number of rotatable bonds is 6. The van der Waals surface area contributed by atoms with Gasteiger partial charge in [-0.1, -0.05) is 5.16 Å². The van der Waals surface area contributed by atoms with Crippen molar-refractivity contribution in [2.75, 3.05) is 26.8 Å². The molecule has 0 bridgehead atoms. The number of hydrogen-bond donors (Lipinski definition) is 0. The van der Waals surface area contributed by atoms with Crippen molar-refractivity contribution in [3.63, 3.8) is 0 Å². The van der Waals surface area contributed by atoms with Gasteiger partial charge in [0.15, 0.2) is 5.82 Å². The molecule has 1 amide bonds. The minimum absolute atomic E-state index is 0.0245. The zero-order valence-electron chi connectivity index (χ0n) is 17.0. The Labute approximate surface area is 173 Å². The molecule has 0 N–H and O–H groups in total. The number of benzene rings is 1. The van der Waals surface area contributed by atoms with E-state index in [0.29, 0.717) is 55.4 Å². The van der Waals surface area contributed by atoms with E-state index in [1.54, 1.807) is 43.4 Å². The maximum atomic E-state index is 13.2. The maximum Gasteiger partial charge on any atom is 0.257 e. The molecule has 0 aliphatic carbocycles. The molecule has 0 spiro atoms. The van der Waals surface area contributed by atoms with E-state index in [0.717, 1.165) is 6.42 Å². The van der Waals surface area contributed by atoms with Gasteiger partial charge in [0.05, 0.1) is 11.8 Å². The first-order valence-corrected chi connectivity index (χ1v) is 9.88. The standard InChI is InChI=1S/C21H24FN5O3/c1-26-14-16(13-23-26)19(28)27-10-7-21(8-11-27,9-12-29-2)20-24-18(30-25-20)15-3-5-17(22)6-4-15/h3-6,13-14H,7-12H2,1-2H3. The van der Waals surface area contributed by atoms with Crippen molar-refractivity contribution in [1.29, 1.82) is 0 Å². The Morgan fingerprint density at radius 2 is 2.00 bits per heavy atom. The largest absolute Gasteiger partial charge is 0.385 e. The van der Waals surface area contributed by atoms with E-state index < -0.39 is 0 Å². The van der Waals surface area contributed by atoms with E-state index in [1.807, 2.05) is 4.90 Å². The molecule has 1 aromatic carbocycles. The van der Waals surface area contributed by atoms with Gasteiger partial charge in [0.2, 0.25) is 0 Å². The van der Waals surface area contributed by atoms with Gasteiger partial charge < -0.3 is 14.2 Å². The fourth-order valence-electron chi connectivity index (χ4n) is 3.88. The maximum absolute atomic E-state index is 13.2. The number of aryl methyl sites for hydroxylation is 1. The van der Waals surface area contributed by atoms with Crippen molar-refractivity contribution in [3.8, 4) is 11.5 Å². The van der Waals surface area contributed by atoms with Gasteiger partial charge in [-0.25, -0.2) is 4.39 Å². The van der Waals surface area contributed by atoms with Gasteiger partial charge in [0.25, 0.3) is 11.8 Å². The molecule has 30 heavy (non-hydrogen) atoms. The summed E-state index contributed by atoms with van der Waals surface area (Å²) in [6.07, 6.45) is 5.43. The van der Waals surface area contributed by atoms with Gasteiger partial charge in [0, 0.05) is 51.0 Å². The van der Waals surface area contributed by atoms with Crippen LogP contribution >= 0.6 is 0 Å². The van der Waals surface area contributed by atoms with E-state index in [9.17, 15) is 9.18 Å². The zero-order valence-corrected chi connectivity index (χ0v) is 17.0. The van der Waals surface area contributed by atoms with Crippen molar-refractivity contribution in [2.45, 2.75) is 24.7 Å². The Hall–Kier alpha value is -3.07. The number of piperidine rings is 1. The number of hydrogen-bond acceptors (Lipinski definition) is 6. The molecular formula is C21H24FN5O3. The molecule has 0 radical (unpaired) electrons. The number of methoxy groups -OCH3 is 1. The normalized spacial score (nSPS) is 16.0. The molecule has 3 heterocycles. The van der Waals surface area contributed by atoms with Crippen LogP contribution in [0.4, 0.5) is 4.39 Å². The number of carbonyl (C=O) groups is 1. The number of amides is 1. The highest BCUT2D eigenvalue weighted by Crippen LogP contribution is 2.38. The summed E-state index contributed by atoms with van der Waals surface area (Å²) < 4.78 is 25.6.